The second kappa shape index (κ2) is 11.8. The summed E-state index contributed by atoms with van der Waals surface area (Å²) in [5.41, 5.74) is 8.02. The Morgan fingerprint density at radius 2 is 1.57 bits per heavy atom. The molecule has 2 aromatic rings. The maximum Gasteiger partial charge on any atom is 0.188 e. The van der Waals surface area contributed by atoms with Crippen LogP contribution in [0.2, 0.25) is 0 Å². The first-order valence-electron chi connectivity index (χ1n) is 9.16. The molecule has 152 valence electrons. The Morgan fingerprint density at radius 1 is 1.00 bits per heavy atom. The minimum atomic E-state index is -0.708. The zero-order valence-electron chi connectivity index (χ0n) is 16.4. The summed E-state index contributed by atoms with van der Waals surface area (Å²) in [6, 6.07) is 15.5. The molecule has 0 fully saturated rings. The first-order chi connectivity index (χ1) is 13.6. The number of aliphatic hydroxyl groups excluding tert-OH is 1. The predicted octanol–water partition coefficient (Wildman–Crippen LogP) is 1.73. The molecule has 2 rings (SSSR count). The molecule has 0 bridgehead atoms. The molecule has 1 atom stereocenters. The van der Waals surface area contributed by atoms with Crippen LogP contribution in [-0.2, 0) is 17.8 Å². The number of benzene rings is 2. The molecule has 0 radical (unpaired) electrons. The summed E-state index contributed by atoms with van der Waals surface area (Å²) in [5.74, 6) is 1.94. The van der Waals surface area contributed by atoms with Crippen molar-refractivity contribution in [1.82, 2.24) is 5.32 Å². The van der Waals surface area contributed by atoms with Crippen LogP contribution in [0.25, 0.3) is 0 Å². The minimum absolute atomic E-state index is 0.185. The van der Waals surface area contributed by atoms with Crippen LogP contribution in [0.5, 0.6) is 11.5 Å². The lowest BCUT2D eigenvalue weighted by atomic mass is 10.1. The Hall–Kier alpha value is -2.77. The Bertz CT molecular complexity index is 717. The fourth-order valence-corrected chi connectivity index (χ4v) is 2.47. The number of ether oxygens (including phenoxy) is 3. The van der Waals surface area contributed by atoms with E-state index in [2.05, 4.69) is 10.3 Å². The van der Waals surface area contributed by atoms with E-state index in [1.807, 2.05) is 48.5 Å². The van der Waals surface area contributed by atoms with Crippen LogP contribution in [0.15, 0.2) is 53.5 Å². The molecule has 0 heterocycles. The van der Waals surface area contributed by atoms with E-state index in [9.17, 15) is 5.11 Å². The molecular weight excluding hydrogens is 358 g/mol. The molecule has 0 aliphatic rings. The summed E-state index contributed by atoms with van der Waals surface area (Å²) in [5, 5.41) is 13.0. The van der Waals surface area contributed by atoms with Gasteiger partial charge in [0.25, 0.3) is 0 Å². The quantitative estimate of drug-likeness (QED) is 0.401. The van der Waals surface area contributed by atoms with E-state index in [0.717, 1.165) is 23.5 Å². The monoisotopic (exact) mass is 387 g/mol. The number of aliphatic hydroxyl groups is 1. The van der Waals surface area contributed by atoms with Crippen molar-refractivity contribution < 1.29 is 19.3 Å². The molecule has 28 heavy (non-hydrogen) atoms. The lowest BCUT2D eigenvalue weighted by Gasteiger charge is -2.11. The third-order valence-corrected chi connectivity index (χ3v) is 4.09. The van der Waals surface area contributed by atoms with Gasteiger partial charge >= 0.3 is 0 Å². The van der Waals surface area contributed by atoms with E-state index < -0.39 is 6.10 Å². The third-order valence-electron chi connectivity index (χ3n) is 4.09. The Kier molecular flexibility index (Phi) is 9.10. The van der Waals surface area contributed by atoms with Crippen molar-refractivity contribution in [2.45, 2.75) is 19.1 Å². The van der Waals surface area contributed by atoms with Crippen LogP contribution in [0, 0.1) is 0 Å². The minimum Gasteiger partial charge on any atom is -0.497 e. The van der Waals surface area contributed by atoms with E-state index in [4.69, 9.17) is 19.9 Å². The first kappa shape index (κ1) is 21.5. The van der Waals surface area contributed by atoms with E-state index in [-0.39, 0.29) is 13.2 Å². The van der Waals surface area contributed by atoms with Gasteiger partial charge in [0.05, 0.1) is 40.1 Å². The van der Waals surface area contributed by atoms with Crippen LogP contribution in [-0.4, -0.2) is 51.1 Å². The van der Waals surface area contributed by atoms with Gasteiger partial charge < -0.3 is 30.4 Å². The maximum absolute atomic E-state index is 9.96. The van der Waals surface area contributed by atoms with Crippen molar-refractivity contribution in [3.8, 4) is 11.5 Å². The molecule has 2 aromatic carbocycles. The standard InChI is InChI=1S/C21H29N3O4/c1-26-19-7-3-16(4-8-19)11-12-23-21(22)24-13-18(25)15-28-14-17-5-9-20(27-2)10-6-17/h3-10,18,25H,11-15H2,1-2H3,(H3,22,23,24)/t18-/m1/s1. The van der Waals surface area contributed by atoms with Gasteiger partial charge in [-0.05, 0) is 41.8 Å². The molecule has 0 saturated heterocycles. The number of hydrogen-bond acceptors (Lipinski definition) is 5. The van der Waals surface area contributed by atoms with Gasteiger partial charge in [-0.2, -0.15) is 0 Å². The largest absolute Gasteiger partial charge is 0.497 e. The van der Waals surface area contributed by atoms with Crippen LogP contribution in [0.4, 0.5) is 0 Å². The zero-order valence-corrected chi connectivity index (χ0v) is 16.4. The molecule has 0 aliphatic carbocycles. The van der Waals surface area contributed by atoms with Crippen molar-refractivity contribution in [2.75, 3.05) is 33.9 Å². The lowest BCUT2D eigenvalue weighted by Crippen LogP contribution is -2.34. The molecule has 7 heteroatoms. The Morgan fingerprint density at radius 3 is 2.14 bits per heavy atom. The highest BCUT2D eigenvalue weighted by atomic mass is 16.5. The highest BCUT2D eigenvalue weighted by Crippen LogP contribution is 2.12. The molecular formula is C21H29N3O4. The maximum atomic E-state index is 9.96. The third kappa shape index (κ3) is 7.85. The van der Waals surface area contributed by atoms with E-state index in [0.29, 0.717) is 19.1 Å². The fraction of sp³-hybridized carbons (Fsp3) is 0.381. The summed E-state index contributed by atoms with van der Waals surface area (Å²) in [7, 11) is 3.27. The number of rotatable bonds is 11. The summed E-state index contributed by atoms with van der Waals surface area (Å²) in [6.45, 7) is 1.45. The average molecular weight is 387 g/mol. The van der Waals surface area contributed by atoms with Crippen LogP contribution in [0.1, 0.15) is 11.1 Å². The Labute approximate surface area is 166 Å². The average Bonchev–Trinajstić information content (AvgIpc) is 2.73. The van der Waals surface area contributed by atoms with Gasteiger partial charge in [-0.25, -0.2) is 0 Å². The van der Waals surface area contributed by atoms with Gasteiger partial charge in [-0.3, -0.25) is 4.99 Å². The molecule has 0 spiro atoms. The van der Waals surface area contributed by atoms with Gasteiger partial charge in [0.15, 0.2) is 5.96 Å². The predicted molar refractivity (Wildman–Crippen MR) is 110 cm³/mol. The number of guanidine groups is 1. The van der Waals surface area contributed by atoms with Crippen LogP contribution < -0.4 is 20.5 Å². The molecule has 0 amide bonds. The van der Waals surface area contributed by atoms with Crippen molar-refractivity contribution in [2.24, 2.45) is 10.7 Å². The molecule has 0 aliphatic heterocycles. The molecule has 7 nitrogen and oxygen atoms in total. The second-order valence-electron chi connectivity index (χ2n) is 6.27. The number of nitrogens with zero attached hydrogens (tertiary/aromatic N) is 1. The number of methoxy groups -OCH3 is 2. The van der Waals surface area contributed by atoms with Crippen molar-refractivity contribution in [3.63, 3.8) is 0 Å². The molecule has 4 N–H and O–H groups in total. The Balaban J connectivity index is 1.61. The lowest BCUT2D eigenvalue weighted by molar-refractivity contribution is 0.0331. The fourth-order valence-electron chi connectivity index (χ4n) is 2.47. The van der Waals surface area contributed by atoms with Crippen molar-refractivity contribution >= 4 is 5.96 Å². The SMILES string of the molecule is COc1ccc(CCNC(N)=NC[C@@H](O)COCc2ccc(OC)cc2)cc1. The van der Waals surface area contributed by atoms with E-state index >= 15 is 0 Å². The molecule has 0 aromatic heterocycles. The van der Waals surface area contributed by atoms with Gasteiger partial charge in [-0.15, -0.1) is 0 Å². The summed E-state index contributed by atoms with van der Waals surface area (Å²) < 4.78 is 15.8. The number of nitrogens with two attached hydrogens (primary N) is 1. The molecule has 0 unspecified atom stereocenters. The normalized spacial score (nSPS) is 12.5. The van der Waals surface area contributed by atoms with Gasteiger partial charge in [0, 0.05) is 6.54 Å². The number of hydrogen-bond donors (Lipinski definition) is 3. The highest BCUT2D eigenvalue weighted by Gasteiger charge is 2.04. The smallest absolute Gasteiger partial charge is 0.188 e. The van der Waals surface area contributed by atoms with Gasteiger partial charge in [0.1, 0.15) is 11.5 Å². The summed E-state index contributed by atoms with van der Waals surface area (Å²) in [4.78, 5) is 4.15. The first-order valence-corrected chi connectivity index (χ1v) is 9.16. The van der Waals surface area contributed by atoms with Crippen LogP contribution >= 0.6 is 0 Å². The van der Waals surface area contributed by atoms with Crippen molar-refractivity contribution in [3.05, 3.63) is 59.7 Å². The topological polar surface area (TPSA) is 98.3 Å². The zero-order chi connectivity index (χ0) is 20.2. The summed E-state index contributed by atoms with van der Waals surface area (Å²) >= 11 is 0. The number of nitrogens with one attached hydrogen (secondary N) is 1. The van der Waals surface area contributed by atoms with E-state index in [1.54, 1.807) is 14.2 Å². The van der Waals surface area contributed by atoms with Crippen molar-refractivity contribution in [1.29, 1.82) is 0 Å². The number of aliphatic imine (C=N–C) groups is 1. The van der Waals surface area contributed by atoms with E-state index in [1.165, 1.54) is 5.56 Å². The van der Waals surface area contributed by atoms with Crippen LogP contribution in [0.3, 0.4) is 0 Å². The second-order valence-corrected chi connectivity index (χ2v) is 6.27. The molecule has 0 saturated carbocycles. The van der Waals surface area contributed by atoms with Gasteiger partial charge in [0.2, 0.25) is 0 Å². The summed E-state index contributed by atoms with van der Waals surface area (Å²) in [6.07, 6.45) is 0.105. The highest BCUT2D eigenvalue weighted by molar-refractivity contribution is 5.77. The van der Waals surface area contributed by atoms with Gasteiger partial charge in [-0.1, -0.05) is 24.3 Å².